The van der Waals surface area contributed by atoms with Crippen molar-refractivity contribution in [3.05, 3.63) is 33.8 Å². The van der Waals surface area contributed by atoms with Crippen LogP contribution in [0.5, 0.6) is 0 Å². The number of rotatable bonds is 7. The molecule has 3 N–H and O–H groups in total. The number of benzene rings is 1. The molecule has 0 spiro atoms. The Bertz CT molecular complexity index is 407. The maximum Gasteiger partial charge on any atom is 0.0455 e. The summed E-state index contributed by atoms with van der Waals surface area (Å²) in [5, 5.41) is 3.65. The van der Waals surface area contributed by atoms with Gasteiger partial charge in [-0.25, -0.2) is 0 Å². The van der Waals surface area contributed by atoms with Gasteiger partial charge in [-0.3, -0.25) is 0 Å². The van der Waals surface area contributed by atoms with Crippen molar-refractivity contribution < 1.29 is 0 Å². The molecule has 0 heterocycles. The van der Waals surface area contributed by atoms with Gasteiger partial charge in [-0.1, -0.05) is 55.8 Å². The van der Waals surface area contributed by atoms with E-state index in [1.54, 1.807) is 0 Å². The van der Waals surface area contributed by atoms with Crippen LogP contribution in [0.2, 0.25) is 0 Å². The zero-order valence-electron chi connectivity index (χ0n) is 13.4. The minimum atomic E-state index is 0.213. The average molecular weight is 341 g/mol. The van der Waals surface area contributed by atoms with Gasteiger partial charge in [-0.05, 0) is 48.4 Å². The van der Waals surface area contributed by atoms with E-state index in [2.05, 4.69) is 74.1 Å². The number of hydrogen-bond acceptors (Lipinski definition) is 2. The Kier molecular flexibility index (Phi) is 7.21. The number of nitrogens with one attached hydrogen (secondary N) is 1. The van der Waals surface area contributed by atoms with E-state index in [-0.39, 0.29) is 6.04 Å². The van der Waals surface area contributed by atoms with Crippen LogP contribution in [0.1, 0.15) is 44.9 Å². The molecule has 0 radical (unpaired) electrons. The molecule has 2 nitrogen and oxygen atoms in total. The van der Waals surface area contributed by atoms with E-state index in [9.17, 15) is 0 Å². The molecule has 0 aliphatic heterocycles. The highest BCUT2D eigenvalue weighted by atomic mass is 79.9. The predicted octanol–water partition coefficient (Wildman–Crippen LogP) is 4.28. The number of halogens is 1. The lowest BCUT2D eigenvalue weighted by atomic mass is 9.85. The molecular formula is C17H29BrN2. The van der Waals surface area contributed by atoms with Crippen LogP contribution in [0.15, 0.2) is 22.7 Å². The minimum absolute atomic E-state index is 0.213. The minimum Gasteiger partial charge on any atom is -0.329 e. The molecule has 1 rings (SSSR count). The summed E-state index contributed by atoms with van der Waals surface area (Å²) < 4.78 is 1.14. The van der Waals surface area contributed by atoms with Crippen LogP contribution in [0.3, 0.4) is 0 Å². The second kappa shape index (κ2) is 8.16. The molecule has 1 aromatic carbocycles. The molecule has 0 fully saturated rings. The van der Waals surface area contributed by atoms with Crippen molar-refractivity contribution in [2.75, 3.05) is 13.1 Å². The fourth-order valence-electron chi connectivity index (χ4n) is 2.75. The van der Waals surface area contributed by atoms with E-state index < -0.39 is 0 Å². The fraction of sp³-hybridized carbons (Fsp3) is 0.647. The molecule has 0 aliphatic rings. The lowest BCUT2D eigenvalue weighted by molar-refractivity contribution is 0.266. The predicted molar refractivity (Wildman–Crippen MR) is 91.8 cm³/mol. The summed E-state index contributed by atoms with van der Waals surface area (Å²) in [5.41, 5.74) is 8.48. The zero-order chi connectivity index (χ0) is 15.3. The quantitative estimate of drug-likeness (QED) is 0.777. The molecule has 1 atom stereocenters. The maximum atomic E-state index is 5.97. The van der Waals surface area contributed by atoms with Crippen LogP contribution in [0, 0.1) is 24.7 Å². The van der Waals surface area contributed by atoms with Crippen molar-refractivity contribution in [3.63, 3.8) is 0 Å². The largest absolute Gasteiger partial charge is 0.329 e. The highest BCUT2D eigenvalue weighted by Crippen LogP contribution is 2.26. The molecule has 3 heteroatoms. The molecule has 1 unspecified atom stereocenters. The smallest absolute Gasteiger partial charge is 0.0455 e. The summed E-state index contributed by atoms with van der Waals surface area (Å²) in [6, 6.07) is 6.68. The number of aryl methyl sites for hydroxylation is 1. The summed E-state index contributed by atoms with van der Waals surface area (Å²) in [7, 11) is 0. The van der Waals surface area contributed by atoms with Crippen molar-refractivity contribution >= 4 is 15.9 Å². The second-order valence-electron chi connectivity index (χ2n) is 6.37. The van der Waals surface area contributed by atoms with Crippen LogP contribution >= 0.6 is 15.9 Å². The lowest BCUT2D eigenvalue weighted by Gasteiger charge is -2.28. The molecule has 0 aromatic heterocycles. The summed E-state index contributed by atoms with van der Waals surface area (Å²) in [4.78, 5) is 0. The normalized spacial score (nSPS) is 13.5. The molecule has 114 valence electrons. The Morgan fingerprint density at radius 1 is 1.15 bits per heavy atom. The molecule has 0 saturated heterocycles. The van der Waals surface area contributed by atoms with E-state index in [0.29, 0.717) is 24.3 Å². The third-order valence-electron chi connectivity index (χ3n) is 4.08. The Labute approximate surface area is 132 Å². The van der Waals surface area contributed by atoms with Crippen molar-refractivity contribution in [3.8, 4) is 0 Å². The highest BCUT2D eigenvalue weighted by Gasteiger charge is 2.20. The van der Waals surface area contributed by atoms with Crippen molar-refractivity contribution in [2.24, 2.45) is 23.5 Å². The fourth-order valence-corrected chi connectivity index (χ4v) is 3.52. The molecule has 0 amide bonds. The number of hydrogen-bond donors (Lipinski definition) is 2. The zero-order valence-corrected chi connectivity index (χ0v) is 15.0. The second-order valence-corrected chi connectivity index (χ2v) is 7.23. The van der Waals surface area contributed by atoms with Gasteiger partial charge < -0.3 is 11.1 Å². The van der Waals surface area contributed by atoms with E-state index >= 15 is 0 Å². The van der Waals surface area contributed by atoms with Gasteiger partial charge in [0.25, 0.3) is 0 Å². The summed E-state index contributed by atoms with van der Waals surface area (Å²) in [6.45, 7) is 12.9. The van der Waals surface area contributed by atoms with Gasteiger partial charge in [-0.15, -0.1) is 0 Å². The van der Waals surface area contributed by atoms with E-state index in [4.69, 9.17) is 5.73 Å². The van der Waals surface area contributed by atoms with Crippen LogP contribution in [-0.4, -0.2) is 13.1 Å². The Balaban J connectivity index is 2.76. The van der Waals surface area contributed by atoms with Crippen LogP contribution < -0.4 is 11.1 Å². The SMILES string of the molecule is Cc1ccc(C(CN)NCC(C(C)C)C(C)C)c(Br)c1. The third-order valence-corrected chi connectivity index (χ3v) is 4.77. The number of nitrogens with two attached hydrogens (primary N) is 1. The highest BCUT2D eigenvalue weighted by molar-refractivity contribution is 9.10. The Morgan fingerprint density at radius 2 is 1.75 bits per heavy atom. The molecule has 0 saturated carbocycles. The van der Waals surface area contributed by atoms with E-state index in [1.807, 2.05) is 0 Å². The van der Waals surface area contributed by atoms with Gasteiger partial charge in [0.1, 0.15) is 0 Å². The summed E-state index contributed by atoms with van der Waals surface area (Å²) >= 11 is 3.66. The van der Waals surface area contributed by atoms with Gasteiger partial charge in [-0.2, -0.15) is 0 Å². The van der Waals surface area contributed by atoms with Crippen molar-refractivity contribution in [1.82, 2.24) is 5.32 Å². The van der Waals surface area contributed by atoms with Gasteiger partial charge >= 0.3 is 0 Å². The summed E-state index contributed by atoms with van der Waals surface area (Å²) in [6.07, 6.45) is 0. The summed E-state index contributed by atoms with van der Waals surface area (Å²) in [5.74, 6) is 2.04. The van der Waals surface area contributed by atoms with Crippen molar-refractivity contribution in [2.45, 2.75) is 40.7 Å². The standard InChI is InChI=1S/C17H29BrN2/c1-11(2)15(12(3)4)10-20-17(9-19)14-7-6-13(5)8-16(14)18/h6-8,11-12,15,17,20H,9-10,19H2,1-5H3. The monoisotopic (exact) mass is 340 g/mol. The maximum absolute atomic E-state index is 5.97. The Morgan fingerprint density at radius 3 is 2.20 bits per heavy atom. The molecule has 1 aromatic rings. The van der Waals surface area contributed by atoms with E-state index in [1.165, 1.54) is 11.1 Å². The first kappa shape index (κ1) is 17.7. The topological polar surface area (TPSA) is 38.0 Å². The third kappa shape index (κ3) is 4.87. The van der Waals surface area contributed by atoms with Crippen LogP contribution in [0.4, 0.5) is 0 Å². The van der Waals surface area contributed by atoms with E-state index in [0.717, 1.165) is 11.0 Å². The lowest BCUT2D eigenvalue weighted by Crippen LogP contribution is -2.35. The van der Waals surface area contributed by atoms with Gasteiger partial charge in [0.15, 0.2) is 0 Å². The first-order valence-electron chi connectivity index (χ1n) is 7.56. The first-order valence-corrected chi connectivity index (χ1v) is 8.35. The molecule has 20 heavy (non-hydrogen) atoms. The van der Waals surface area contributed by atoms with Gasteiger partial charge in [0.2, 0.25) is 0 Å². The molecule has 0 aliphatic carbocycles. The van der Waals surface area contributed by atoms with Crippen LogP contribution in [0.25, 0.3) is 0 Å². The molecular weight excluding hydrogens is 312 g/mol. The van der Waals surface area contributed by atoms with Gasteiger partial charge in [0.05, 0.1) is 0 Å². The average Bonchev–Trinajstić information content (AvgIpc) is 2.34. The van der Waals surface area contributed by atoms with Gasteiger partial charge in [0, 0.05) is 17.1 Å². The van der Waals surface area contributed by atoms with Crippen LogP contribution in [-0.2, 0) is 0 Å². The Hall–Kier alpha value is -0.380. The molecule has 0 bridgehead atoms. The first-order chi connectivity index (χ1) is 9.36. The van der Waals surface area contributed by atoms with Crippen molar-refractivity contribution in [1.29, 1.82) is 0 Å².